The first-order valence-corrected chi connectivity index (χ1v) is 9.98. The van der Waals surface area contributed by atoms with Gasteiger partial charge < -0.3 is 5.11 Å². The van der Waals surface area contributed by atoms with Crippen LogP contribution in [-0.4, -0.2) is 35.8 Å². The smallest absolute Gasteiger partial charge is 0.352 e. The monoisotopic (exact) mass is 423 g/mol. The van der Waals surface area contributed by atoms with Gasteiger partial charge in [0.15, 0.2) is 5.82 Å². The van der Waals surface area contributed by atoms with Crippen molar-refractivity contribution in [1.29, 1.82) is 0 Å². The molecule has 10 heteroatoms. The van der Waals surface area contributed by atoms with Crippen LogP contribution >= 0.6 is 0 Å². The number of para-hydroxylation sites is 1. The minimum atomic E-state index is -0.733. The van der Waals surface area contributed by atoms with Gasteiger partial charge in [0, 0.05) is 13.2 Å². The van der Waals surface area contributed by atoms with E-state index in [0.29, 0.717) is 17.7 Å². The summed E-state index contributed by atoms with van der Waals surface area (Å²) in [4.78, 5) is 59.3. The van der Waals surface area contributed by atoms with Gasteiger partial charge in [0.05, 0.1) is 16.6 Å². The zero-order chi connectivity index (χ0) is 22.1. The number of H-pyrrole nitrogens is 2. The molecule has 31 heavy (non-hydrogen) atoms. The Hall–Kier alpha value is -3.79. The Balaban J connectivity index is 2.22. The number of fused-ring (bicyclic) bond motifs is 2. The molecule has 0 atom stereocenters. The van der Waals surface area contributed by atoms with Crippen LogP contribution in [0.15, 0.2) is 49.5 Å². The van der Waals surface area contributed by atoms with Crippen molar-refractivity contribution in [2.24, 2.45) is 0 Å². The standard InChI is InChI=1S/C21H21N5O5/c1-2-3-9-25-19(29)14-11-13-16(22-20(30)24-18(13)28)26(17(14)23-21(25)31)15-7-5-4-6-12(15)8-10-27/h4-7,11,27H,2-3,8-10H2,1H3,(H2,22,24,28,30). The molecule has 1 aromatic carbocycles. The maximum Gasteiger partial charge on any atom is 0.352 e. The molecule has 0 aliphatic carbocycles. The zero-order valence-corrected chi connectivity index (χ0v) is 16.8. The zero-order valence-electron chi connectivity index (χ0n) is 16.8. The summed E-state index contributed by atoms with van der Waals surface area (Å²) in [5, 5.41) is 9.55. The van der Waals surface area contributed by atoms with E-state index in [2.05, 4.69) is 15.0 Å². The largest absolute Gasteiger partial charge is 0.396 e. The summed E-state index contributed by atoms with van der Waals surface area (Å²) >= 11 is 0. The molecule has 0 amide bonds. The normalized spacial score (nSPS) is 11.4. The lowest BCUT2D eigenvalue weighted by Gasteiger charge is -2.20. The van der Waals surface area contributed by atoms with Crippen molar-refractivity contribution < 1.29 is 5.11 Å². The molecule has 1 aromatic heterocycles. The van der Waals surface area contributed by atoms with Crippen molar-refractivity contribution in [2.75, 3.05) is 6.61 Å². The quantitative estimate of drug-likeness (QED) is 0.382. The van der Waals surface area contributed by atoms with Crippen LogP contribution in [0.4, 0.5) is 0 Å². The van der Waals surface area contributed by atoms with E-state index in [1.54, 1.807) is 24.3 Å². The van der Waals surface area contributed by atoms with Gasteiger partial charge in [-0.3, -0.25) is 28.7 Å². The van der Waals surface area contributed by atoms with Crippen LogP contribution in [0, 0.1) is 0 Å². The number of unbranched alkanes of at least 4 members (excludes halogenated alkanes) is 1. The molecule has 4 rings (SSSR count). The molecule has 0 spiro atoms. The van der Waals surface area contributed by atoms with Gasteiger partial charge in [-0.1, -0.05) is 31.5 Å². The lowest BCUT2D eigenvalue weighted by molar-refractivity contribution is 0.299. The minimum Gasteiger partial charge on any atom is -0.396 e. The number of rotatable bonds is 6. The molecule has 0 fully saturated rings. The SMILES string of the molecule is CCCCn1c(=O)nc2n(-c3ccccc3CCO)c3[nH]c(=O)[nH]c(=O)c3cc-2c1=O. The van der Waals surface area contributed by atoms with E-state index in [4.69, 9.17) is 0 Å². The van der Waals surface area contributed by atoms with Crippen molar-refractivity contribution in [3.05, 3.63) is 77.6 Å². The van der Waals surface area contributed by atoms with Crippen molar-refractivity contribution in [2.45, 2.75) is 32.7 Å². The van der Waals surface area contributed by atoms with Crippen LogP contribution < -0.4 is 22.5 Å². The Kier molecular flexibility index (Phi) is 5.38. The van der Waals surface area contributed by atoms with Crippen LogP contribution in [0.5, 0.6) is 0 Å². The molecule has 2 aliphatic rings. The summed E-state index contributed by atoms with van der Waals surface area (Å²) in [6, 6.07) is 8.34. The molecule has 3 heterocycles. The third-order valence-corrected chi connectivity index (χ3v) is 5.18. The lowest BCUT2D eigenvalue weighted by atomic mass is 10.1. The molecule has 0 radical (unpaired) electrons. The third kappa shape index (κ3) is 3.50. The number of pyridine rings is 1. The van der Waals surface area contributed by atoms with Crippen LogP contribution in [-0.2, 0) is 13.0 Å². The lowest BCUT2D eigenvalue weighted by Crippen LogP contribution is -2.38. The number of aromatic nitrogens is 5. The van der Waals surface area contributed by atoms with Gasteiger partial charge in [0.2, 0.25) is 0 Å². The van der Waals surface area contributed by atoms with E-state index in [9.17, 15) is 24.3 Å². The van der Waals surface area contributed by atoms with Gasteiger partial charge in [-0.15, -0.1) is 0 Å². The second-order valence-corrected chi connectivity index (χ2v) is 7.19. The van der Waals surface area contributed by atoms with E-state index in [1.165, 1.54) is 10.6 Å². The summed E-state index contributed by atoms with van der Waals surface area (Å²) in [5.41, 5.74) is -1.29. The van der Waals surface area contributed by atoms with E-state index < -0.39 is 22.5 Å². The highest BCUT2D eigenvalue weighted by molar-refractivity contribution is 5.84. The molecule has 2 aliphatic heterocycles. The Morgan fingerprint density at radius 3 is 2.61 bits per heavy atom. The number of benzene rings is 1. The second kappa shape index (κ2) is 8.15. The molecular formula is C21H21N5O5. The van der Waals surface area contributed by atoms with Gasteiger partial charge in [-0.2, -0.15) is 4.98 Å². The molecule has 2 aromatic rings. The Labute approximate surface area is 174 Å². The van der Waals surface area contributed by atoms with Crippen LogP contribution in [0.2, 0.25) is 0 Å². The highest BCUT2D eigenvalue weighted by Crippen LogP contribution is 2.26. The van der Waals surface area contributed by atoms with Gasteiger partial charge in [0.25, 0.3) is 11.1 Å². The van der Waals surface area contributed by atoms with Crippen LogP contribution in [0.1, 0.15) is 25.3 Å². The van der Waals surface area contributed by atoms with Gasteiger partial charge >= 0.3 is 11.4 Å². The van der Waals surface area contributed by atoms with E-state index in [1.807, 2.05) is 6.92 Å². The maximum atomic E-state index is 13.2. The summed E-state index contributed by atoms with van der Waals surface area (Å²) in [6.45, 7) is 2.03. The van der Waals surface area contributed by atoms with Crippen LogP contribution in [0.25, 0.3) is 28.1 Å². The summed E-state index contributed by atoms with van der Waals surface area (Å²) < 4.78 is 2.49. The minimum absolute atomic E-state index is 0.0295. The number of nitrogens with zero attached hydrogens (tertiary/aromatic N) is 3. The third-order valence-electron chi connectivity index (χ3n) is 5.18. The number of aromatic amines is 2. The predicted octanol–water partition coefficient (Wildman–Crippen LogP) is 0.364. The van der Waals surface area contributed by atoms with Gasteiger partial charge in [-0.25, -0.2) is 9.59 Å². The van der Waals surface area contributed by atoms with Crippen molar-refractivity contribution in [3.8, 4) is 17.1 Å². The fraction of sp³-hybridized carbons (Fsp3) is 0.286. The first-order chi connectivity index (χ1) is 15.0. The predicted molar refractivity (Wildman–Crippen MR) is 115 cm³/mol. The van der Waals surface area contributed by atoms with Crippen molar-refractivity contribution in [1.82, 2.24) is 24.1 Å². The molecule has 0 saturated carbocycles. The summed E-state index contributed by atoms with van der Waals surface area (Å²) in [5.74, 6) is 0.0295. The number of nitrogens with one attached hydrogen (secondary N) is 2. The van der Waals surface area contributed by atoms with Crippen molar-refractivity contribution >= 4 is 11.0 Å². The van der Waals surface area contributed by atoms with Gasteiger partial charge in [-0.05, 0) is 30.5 Å². The number of aliphatic hydroxyl groups is 1. The average molecular weight is 423 g/mol. The van der Waals surface area contributed by atoms with E-state index in [-0.39, 0.29) is 42.0 Å². The number of hydrogen-bond acceptors (Lipinski definition) is 6. The molecular weight excluding hydrogens is 402 g/mol. The maximum absolute atomic E-state index is 13.2. The van der Waals surface area contributed by atoms with E-state index in [0.717, 1.165) is 11.0 Å². The summed E-state index contributed by atoms with van der Waals surface area (Å²) in [6.07, 6.45) is 1.70. The van der Waals surface area contributed by atoms with Crippen molar-refractivity contribution in [3.63, 3.8) is 0 Å². The highest BCUT2D eigenvalue weighted by atomic mass is 16.3. The fourth-order valence-corrected chi connectivity index (χ4v) is 3.69. The number of aliphatic hydroxyl groups excluding tert-OH is 1. The fourth-order valence-electron chi connectivity index (χ4n) is 3.69. The van der Waals surface area contributed by atoms with Gasteiger partial charge in [0.1, 0.15) is 5.65 Å². The molecule has 10 nitrogen and oxygen atoms in total. The van der Waals surface area contributed by atoms with Crippen LogP contribution in [0.3, 0.4) is 0 Å². The molecule has 0 saturated heterocycles. The Morgan fingerprint density at radius 2 is 1.87 bits per heavy atom. The molecule has 3 N–H and O–H groups in total. The first kappa shape index (κ1) is 20.5. The topological polar surface area (TPSA) is 143 Å². The average Bonchev–Trinajstić information content (AvgIpc) is 2.73. The molecule has 0 bridgehead atoms. The Bertz CT molecular complexity index is 1480. The summed E-state index contributed by atoms with van der Waals surface area (Å²) in [7, 11) is 0. The second-order valence-electron chi connectivity index (χ2n) is 7.19. The molecule has 160 valence electrons. The molecule has 0 unspecified atom stereocenters. The Morgan fingerprint density at radius 1 is 1.10 bits per heavy atom. The first-order valence-electron chi connectivity index (χ1n) is 9.98. The number of hydrogen-bond donors (Lipinski definition) is 3. The highest BCUT2D eigenvalue weighted by Gasteiger charge is 2.23. The van der Waals surface area contributed by atoms with E-state index >= 15 is 0 Å².